The van der Waals surface area contributed by atoms with E-state index in [9.17, 15) is 4.79 Å². The Balaban J connectivity index is 1.74. The molecule has 2 heterocycles. The fourth-order valence-corrected chi connectivity index (χ4v) is 2.35. The summed E-state index contributed by atoms with van der Waals surface area (Å²) in [6.07, 6.45) is 3.90. The predicted octanol–water partition coefficient (Wildman–Crippen LogP) is 2.88. The molecule has 0 aliphatic carbocycles. The summed E-state index contributed by atoms with van der Waals surface area (Å²) < 4.78 is 1.98. The third kappa shape index (κ3) is 2.79. The van der Waals surface area contributed by atoms with Gasteiger partial charge in [0.15, 0.2) is 0 Å². The van der Waals surface area contributed by atoms with Gasteiger partial charge in [-0.15, -0.1) is 0 Å². The van der Waals surface area contributed by atoms with Gasteiger partial charge in [0.05, 0.1) is 12.2 Å². The highest BCUT2D eigenvalue weighted by atomic mass is 16.1. The van der Waals surface area contributed by atoms with Crippen LogP contribution in [0.1, 0.15) is 27.2 Å². The van der Waals surface area contributed by atoms with Gasteiger partial charge in [0, 0.05) is 18.0 Å². The monoisotopic (exact) mass is 279 g/mol. The maximum atomic E-state index is 12.1. The highest BCUT2D eigenvalue weighted by molar-refractivity contribution is 5.94. The summed E-state index contributed by atoms with van der Waals surface area (Å²) in [7, 11) is 0. The van der Waals surface area contributed by atoms with Gasteiger partial charge in [0.25, 0.3) is 5.91 Å². The first-order valence-electron chi connectivity index (χ1n) is 6.91. The Hall–Kier alpha value is -2.62. The van der Waals surface area contributed by atoms with E-state index >= 15 is 0 Å². The van der Waals surface area contributed by atoms with Crippen molar-refractivity contribution in [2.75, 3.05) is 0 Å². The number of hydrogen-bond donors (Lipinski definition) is 1. The molecule has 0 saturated carbocycles. The second kappa shape index (κ2) is 5.40. The molecule has 2 aromatic heterocycles. The van der Waals surface area contributed by atoms with Crippen LogP contribution in [-0.2, 0) is 6.54 Å². The number of fused-ring (bicyclic) bond motifs is 1. The van der Waals surface area contributed by atoms with Crippen LogP contribution in [0, 0.1) is 13.8 Å². The van der Waals surface area contributed by atoms with Crippen LogP contribution >= 0.6 is 0 Å². The summed E-state index contributed by atoms with van der Waals surface area (Å²) in [5.74, 6) is -0.0764. The first-order valence-corrected chi connectivity index (χ1v) is 6.91. The van der Waals surface area contributed by atoms with Crippen LogP contribution in [0.3, 0.4) is 0 Å². The lowest BCUT2D eigenvalue weighted by Crippen LogP contribution is -2.22. The van der Waals surface area contributed by atoms with E-state index in [0.29, 0.717) is 12.1 Å². The minimum Gasteiger partial charge on any atom is -0.346 e. The number of nitrogens with zero attached hydrogens (tertiary/aromatic N) is 2. The Kier molecular flexibility index (Phi) is 3.44. The molecular weight excluding hydrogens is 262 g/mol. The third-order valence-corrected chi connectivity index (χ3v) is 3.44. The molecule has 4 heteroatoms. The first kappa shape index (κ1) is 13.4. The number of amides is 1. The number of imidazole rings is 1. The van der Waals surface area contributed by atoms with Crippen molar-refractivity contribution in [3.05, 3.63) is 71.2 Å². The van der Waals surface area contributed by atoms with Crippen molar-refractivity contribution in [3.8, 4) is 0 Å². The quantitative estimate of drug-likeness (QED) is 0.801. The van der Waals surface area contributed by atoms with Gasteiger partial charge in [-0.1, -0.05) is 23.8 Å². The van der Waals surface area contributed by atoms with Crippen molar-refractivity contribution in [2.45, 2.75) is 20.4 Å². The summed E-state index contributed by atoms with van der Waals surface area (Å²) in [4.78, 5) is 16.7. The van der Waals surface area contributed by atoms with Gasteiger partial charge in [0.2, 0.25) is 0 Å². The average molecular weight is 279 g/mol. The summed E-state index contributed by atoms with van der Waals surface area (Å²) in [6, 6.07) is 11.6. The molecule has 0 aliphatic heterocycles. The van der Waals surface area contributed by atoms with Crippen LogP contribution in [0.5, 0.6) is 0 Å². The number of nitrogens with one attached hydrogen (secondary N) is 1. The number of aryl methyl sites for hydroxylation is 2. The van der Waals surface area contributed by atoms with Gasteiger partial charge in [-0.3, -0.25) is 4.79 Å². The zero-order valence-electron chi connectivity index (χ0n) is 12.1. The molecule has 106 valence electrons. The summed E-state index contributed by atoms with van der Waals surface area (Å²) in [5.41, 5.74) is 4.65. The fourth-order valence-electron chi connectivity index (χ4n) is 2.35. The molecule has 0 unspecified atom stereocenters. The molecule has 0 fully saturated rings. The normalized spacial score (nSPS) is 10.8. The summed E-state index contributed by atoms with van der Waals surface area (Å²) >= 11 is 0. The third-order valence-electron chi connectivity index (χ3n) is 3.44. The molecule has 0 radical (unpaired) electrons. The summed E-state index contributed by atoms with van der Waals surface area (Å²) in [6.45, 7) is 4.42. The zero-order valence-corrected chi connectivity index (χ0v) is 12.1. The van der Waals surface area contributed by atoms with Gasteiger partial charge >= 0.3 is 0 Å². The predicted molar refractivity (Wildman–Crippen MR) is 82.3 cm³/mol. The Bertz CT molecular complexity index is 805. The van der Waals surface area contributed by atoms with Crippen molar-refractivity contribution >= 4 is 11.6 Å². The highest BCUT2D eigenvalue weighted by Crippen LogP contribution is 2.10. The minimum atomic E-state index is -0.0764. The smallest absolute Gasteiger partial charge is 0.251 e. The summed E-state index contributed by atoms with van der Waals surface area (Å²) in [5, 5.41) is 2.91. The molecule has 1 amide bonds. The Morgan fingerprint density at radius 1 is 1.24 bits per heavy atom. The Morgan fingerprint density at radius 2 is 2.10 bits per heavy atom. The average Bonchev–Trinajstić information content (AvgIpc) is 2.89. The number of pyridine rings is 1. The first-order chi connectivity index (χ1) is 10.1. The van der Waals surface area contributed by atoms with E-state index in [2.05, 4.69) is 10.3 Å². The van der Waals surface area contributed by atoms with Crippen LogP contribution in [0.2, 0.25) is 0 Å². The standard InChI is InChI=1S/C17H17N3O/c1-12-5-3-7-14(9-12)17(21)18-10-15-11-20-8-4-6-13(2)16(20)19-15/h3-9,11H,10H2,1-2H3,(H,18,21). The molecule has 3 aromatic rings. The zero-order chi connectivity index (χ0) is 14.8. The van der Waals surface area contributed by atoms with E-state index in [0.717, 1.165) is 22.5 Å². The number of benzene rings is 1. The van der Waals surface area contributed by atoms with E-state index < -0.39 is 0 Å². The second-order valence-electron chi connectivity index (χ2n) is 5.21. The minimum absolute atomic E-state index is 0.0764. The largest absolute Gasteiger partial charge is 0.346 e. The lowest BCUT2D eigenvalue weighted by atomic mass is 10.1. The van der Waals surface area contributed by atoms with Crippen molar-refractivity contribution in [1.29, 1.82) is 0 Å². The van der Waals surface area contributed by atoms with E-state index in [4.69, 9.17) is 0 Å². The Labute approximate surface area is 123 Å². The van der Waals surface area contributed by atoms with Crippen molar-refractivity contribution < 1.29 is 4.79 Å². The molecule has 3 rings (SSSR count). The van der Waals surface area contributed by atoms with Gasteiger partial charge in [-0.25, -0.2) is 4.98 Å². The number of aromatic nitrogens is 2. The number of carbonyl (C=O) groups is 1. The molecule has 0 bridgehead atoms. The maximum Gasteiger partial charge on any atom is 0.251 e. The Morgan fingerprint density at radius 3 is 2.86 bits per heavy atom. The maximum absolute atomic E-state index is 12.1. The van der Waals surface area contributed by atoms with E-state index in [1.54, 1.807) is 0 Å². The molecular formula is C17H17N3O. The molecule has 0 aliphatic rings. The van der Waals surface area contributed by atoms with Gasteiger partial charge in [-0.2, -0.15) is 0 Å². The number of rotatable bonds is 3. The van der Waals surface area contributed by atoms with Crippen molar-refractivity contribution in [2.24, 2.45) is 0 Å². The molecule has 4 nitrogen and oxygen atoms in total. The fraction of sp³-hybridized carbons (Fsp3) is 0.176. The molecule has 1 aromatic carbocycles. The molecule has 0 spiro atoms. The molecule has 0 saturated heterocycles. The van der Waals surface area contributed by atoms with Gasteiger partial charge in [0.1, 0.15) is 5.65 Å². The highest BCUT2D eigenvalue weighted by Gasteiger charge is 2.07. The van der Waals surface area contributed by atoms with E-state index in [-0.39, 0.29) is 5.91 Å². The van der Waals surface area contributed by atoms with Crippen LogP contribution in [0.25, 0.3) is 5.65 Å². The topological polar surface area (TPSA) is 46.4 Å². The van der Waals surface area contributed by atoms with Crippen molar-refractivity contribution in [3.63, 3.8) is 0 Å². The number of hydrogen-bond acceptors (Lipinski definition) is 2. The van der Waals surface area contributed by atoms with Gasteiger partial charge < -0.3 is 9.72 Å². The van der Waals surface area contributed by atoms with E-state index in [1.165, 1.54) is 0 Å². The van der Waals surface area contributed by atoms with Crippen molar-refractivity contribution in [1.82, 2.24) is 14.7 Å². The molecule has 21 heavy (non-hydrogen) atoms. The van der Waals surface area contributed by atoms with Crippen LogP contribution in [0.4, 0.5) is 0 Å². The SMILES string of the molecule is Cc1cccc(C(=O)NCc2cn3cccc(C)c3n2)c1. The van der Waals surface area contributed by atoms with Crippen LogP contribution in [-0.4, -0.2) is 15.3 Å². The molecule has 0 atom stereocenters. The van der Waals surface area contributed by atoms with Crippen LogP contribution in [0.15, 0.2) is 48.8 Å². The van der Waals surface area contributed by atoms with Crippen LogP contribution < -0.4 is 5.32 Å². The lowest BCUT2D eigenvalue weighted by molar-refractivity contribution is 0.0950. The van der Waals surface area contributed by atoms with E-state index in [1.807, 2.05) is 67.0 Å². The molecule has 1 N–H and O–H groups in total. The second-order valence-corrected chi connectivity index (χ2v) is 5.21. The van der Waals surface area contributed by atoms with Gasteiger partial charge in [-0.05, 0) is 37.6 Å². The number of carbonyl (C=O) groups excluding carboxylic acids is 1. The lowest BCUT2D eigenvalue weighted by Gasteiger charge is -2.03.